The van der Waals surface area contributed by atoms with E-state index in [4.69, 9.17) is 0 Å². The van der Waals surface area contributed by atoms with Gasteiger partial charge in [0, 0.05) is 26.2 Å². The quantitative estimate of drug-likeness (QED) is 0.687. The van der Waals surface area contributed by atoms with Crippen LogP contribution in [0, 0.1) is 5.92 Å². The van der Waals surface area contributed by atoms with Crippen LogP contribution in [0.5, 0.6) is 0 Å². The van der Waals surface area contributed by atoms with Gasteiger partial charge in [0.1, 0.15) is 5.54 Å². The highest BCUT2D eigenvalue weighted by Gasteiger charge is 2.43. The largest absolute Gasteiger partial charge is 0.480 e. The van der Waals surface area contributed by atoms with E-state index in [-0.39, 0.29) is 6.03 Å². The maximum Gasteiger partial charge on any atom is 0.329 e. The van der Waals surface area contributed by atoms with Gasteiger partial charge in [-0.15, -0.1) is 0 Å². The molecule has 6 nitrogen and oxygen atoms in total. The molecule has 1 heterocycles. The Kier molecular flexibility index (Phi) is 4.29. The number of urea groups is 1. The highest BCUT2D eigenvalue weighted by molar-refractivity contribution is 5.86. The van der Waals surface area contributed by atoms with Crippen molar-refractivity contribution in [2.24, 2.45) is 5.92 Å². The van der Waals surface area contributed by atoms with E-state index in [1.165, 1.54) is 0 Å². The fourth-order valence-corrected chi connectivity index (χ4v) is 2.80. The lowest BCUT2D eigenvalue weighted by molar-refractivity contribution is -0.146. The Morgan fingerprint density at radius 3 is 2.37 bits per heavy atom. The molecule has 0 atom stereocenters. The minimum absolute atomic E-state index is 0.238. The summed E-state index contributed by atoms with van der Waals surface area (Å²) in [6.45, 7) is 4.94. The van der Waals surface area contributed by atoms with Crippen LogP contribution in [0.2, 0.25) is 0 Å². The van der Waals surface area contributed by atoms with Crippen molar-refractivity contribution in [2.75, 3.05) is 26.2 Å². The third kappa shape index (κ3) is 3.18. The van der Waals surface area contributed by atoms with Crippen LogP contribution in [0.15, 0.2) is 0 Å². The average Bonchev–Trinajstić information content (AvgIpc) is 2.42. The van der Waals surface area contributed by atoms with E-state index >= 15 is 0 Å². The van der Waals surface area contributed by atoms with Gasteiger partial charge in [0.05, 0.1) is 0 Å². The SMILES string of the molecule is CC1CCC(NC(=O)N2CCNCC2)(C(=O)O)CC1. The van der Waals surface area contributed by atoms with Gasteiger partial charge in [-0.1, -0.05) is 6.92 Å². The topological polar surface area (TPSA) is 81.7 Å². The van der Waals surface area contributed by atoms with Gasteiger partial charge in [-0.3, -0.25) is 0 Å². The molecular formula is C13H23N3O3. The molecular weight excluding hydrogens is 246 g/mol. The molecule has 0 bridgehead atoms. The predicted octanol–water partition coefficient (Wildman–Crippen LogP) is 0.635. The maximum absolute atomic E-state index is 12.2. The third-order valence-corrected chi connectivity index (χ3v) is 4.29. The van der Waals surface area contributed by atoms with Crippen molar-refractivity contribution in [3.8, 4) is 0 Å². The molecule has 1 saturated heterocycles. The Morgan fingerprint density at radius 1 is 1.26 bits per heavy atom. The maximum atomic E-state index is 12.2. The van der Waals surface area contributed by atoms with Gasteiger partial charge in [0.2, 0.25) is 0 Å². The van der Waals surface area contributed by atoms with Crippen LogP contribution < -0.4 is 10.6 Å². The molecule has 1 aliphatic carbocycles. The van der Waals surface area contributed by atoms with E-state index in [0.717, 1.165) is 25.9 Å². The van der Waals surface area contributed by atoms with E-state index in [2.05, 4.69) is 17.6 Å². The Bertz CT molecular complexity index is 345. The number of hydrogen-bond donors (Lipinski definition) is 3. The van der Waals surface area contributed by atoms with Crippen molar-refractivity contribution >= 4 is 12.0 Å². The molecule has 2 rings (SSSR count). The number of carboxylic acids is 1. The first-order valence-electron chi connectivity index (χ1n) is 7.05. The van der Waals surface area contributed by atoms with Crippen LogP contribution in [0.3, 0.4) is 0 Å². The monoisotopic (exact) mass is 269 g/mol. The number of aliphatic carboxylic acids is 1. The van der Waals surface area contributed by atoms with Crippen LogP contribution in [-0.2, 0) is 4.79 Å². The number of carbonyl (C=O) groups is 2. The summed E-state index contributed by atoms with van der Waals surface area (Å²) >= 11 is 0. The van der Waals surface area contributed by atoms with Gasteiger partial charge in [-0.25, -0.2) is 9.59 Å². The minimum Gasteiger partial charge on any atom is -0.480 e. The highest BCUT2D eigenvalue weighted by Crippen LogP contribution is 2.32. The van der Waals surface area contributed by atoms with Crippen molar-refractivity contribution < 1.29 is 14.7 Å². The van der Waals surface area contributed by atoms with Gasteiger partial charge in [0.15, 0.2) is 0 Å². The summed E-state index contributed by atoms with van der Waals surface area (Å²) in [4.78, 5) is 25.4. The van der Waals surface area contributed by atoms with Gasteiger partial charge < -0.3 is 20.6 Å². The van der Waals surface area contributed by atoms with Crippen molar-refractivity contribution in [1.29, 1.82) is 0 Å². The molecule has 0 radical (unpaired) electrons. The second-order valence-electron chi connectivity index (χ2n) is 5.74. The lowest BCUT2D eigenvalue weighted by Gasteiger charge is -2.38. The zero-order valence-corrected chi connectivity index (χ0v) is 11.4. The minimum atomic E-state index is -1.06. The van der Waals surface area contributed by atoms with E-state index in [1.807, 2.05) is 0 Å². The third-order valence-electron chi connectivity index (χ3n) is 4.29. The van der Waals surface area contributed by atoms with Crippen LogP contribution in [0.4, 0.5) is 4.79 Å². The molecule has 0 unspecified atom stereocenters. The van der Waals surface area contributed by atoms with Crippen molar-refractivity contribution in [3.63, 3.8) is 0 Å². The smallest absolute Gasteiger partial charge is 0.329 e. The van der Waals surface area contributed by atoms with Crippen molar-refractivity contribution in [2.45, 2.75) is 38.1 Å². The molecule has 0 aromatic rings. The Hall–Kier alpha value is -1.30. The molecule has 0 aromatic carbocycles. The summed E-state index contributed by atoms with van der Waals surface area (Å²) in [7, 11) is 0. The normalized spacial score (nSPS) is 31.8. The molecule has 2 aliphatic rings. The van der Waals surface area contributed by atoms with Gasteiger partial charge in [0.25, 0.3) is 0 Å². The van der Waals surface area contributed by atoms with Crippen LogP contribution >= 0.6 is 0 Å². The fourth-order valence-electron chi connectivity index (χ4n) is 2.80. The molecule has 2 fully saturated rings. The lowest BCUT2D eigenvalue weighted by atomic mass is 9.77. The number of amides is 2. The molecule has 3 N–H and O–H groups in total. The van der Waals surface area contributed by atoms with E-state index < -0.39 is 11.5 Å². The number of carboxylic acid groups (broad SMARTS) is 1. The summed E-state index contributed by atoms with van der Waals surface area (Å²) in [5, 5.41) is 15.4. The summed E-state index contributed by atoms with van der Waals surface area (Å²) < 4.78 is 0. The molecule has 0 spiro atoms. The first kappa shape index (κ1) is 14.1. The van der Waals surface area contributed by atoms with Crippen LogP contribution in [0.25, 0.3) is 0 Å². The second-order valence-corrected chi connectivity index (χ2v) is 5.74. The zero-order valence-electron chi connectivity index (χ0n) is 11.4. The summed E-state index contributed by atoms with van der Waals surface area (Å²) in [6.07, 6.45) is 2.77. The van der Waals surface area contributed by atoms with Crippen molar-refractivity contribution in [3.05, 3.63) is 0 Å². The Labute approximate surface area is 113 Å². The highest BCUT2D eigenvalue weighted by atomic mass is 16.4. The first-order chi connectivity index (χ1) is 9.03. The number of carbonyl (C=O) groups excluding carboxylic acids is 1. The van der Waals surface area contributed by atoms with Crippen LogP contribution in [-0.4, -0.2) is 53.7 Å². The lowest BCUT2D eigenvalue weighted by Crippen LogP contribution is -2.61. The number of nitrogens with zero attached hydrogens (tertiary/aromatic N) is 1. The van der Waals surface area contributed by atoms with Crippen molar-refractivity contribution in [1.82, 2.24) is 15.5 Å². The van der Waals surface area contributed by atoms with E-state index in [0.29, 0.717) is 31.8 Å². The first-order valence-corrected chi connectivity index (χ1v) is 7.05. The van der Waals surface area contributed by atoms with Gasteiger partial charge in [-0.05, 0) is 31.6 Å². The van der Waals surface area contributed by atoms with E-state index in [9.17, 15) is 14.7 Å². The number of hydrogen-bond acceptors (Lipinski definition) is 3. The molecule has 6 heteroatoms. The zero-order chi connectivity index (χ0) is 13.9. The molecule has 1 aliphatic heterocycles. The molecule has 19 heavy (non-hydrogen) atoms. The molecule has 0 aromatic heterocycles. The Balaban J connectivity index is 2.00. The molecule has 1 saturated carbocycles. The second kappa shape index (κ2) is 5.77. The number of piperazine rings is 1. The Morgan fingerprint density at radius 2 is 1.84 bits per heavy atom. The van der Waals surface area contributed by atoms with Gasteiger partial charge >= 0.3 is 12.0 Å². The van der Waals surface area contributed by atoms with E-state index in [1.54, 1.807) is 4.90 Å². The average molecular weight is 269 g/mol. The predicted molar refractivity (Wildman–Crippen MR) is 71.0 cm³/mol. The number of nitrogens with one attached hydrogen (secondary N) is 2. The molecule has 108 valence electrons. The summed E-state index contributed by atoms with van der Waals surface area (Å²) in [5.41, 5.74) is -1.06. The summed E-state index contributed by atoms with van der Waals surface area (Å²) in [5.74, 6) is -0.355. The van der Waals surface area contributed by atoms with Crippen LogP contribution in [0.1, 0.15) is 32.6 Å². The number of rotatable bonds is 2. The standard InChI is InChI=1S/C13H23N3O3/c1-10-2-4-13(5-3-10,11(17)18)15-12(19)16-8-6-14-7-9-16/h10,14H,2-9H2,1H3,(H,15,19)(H,17,18). The van der Waals surface area contributed by atoms with Gasteiger partial charge in [-0.2, -0.15) is 0 Å². The fraction of sp³-hybridized carbons (Fsp3) is 0.846. The summed E-state index contributed by atoms with van der Waals surface area (Å²) in [6, 6.07) is -0.238. The molecule has 2 amide bonds.